The smallest absolute Gasteiger partial charge is 0.164 e. The lowest BCUT2D eigenvalue weighted by Gasteiger charge is -2.13. The van der Waals surface area contributed by atoms with E-state index in [-0.39, 0.29) is 0 Å². The fraction of sp³-hybridized carbons (Fsp3) is 0. The van der Waals surface area contributed by atoms with Crippen molar-refractivity contribution in [2.75, 3.05) is 0 Å². The van der Waals surface area contributed by atoms with Gasteiger partial charge in [0.05, 0.1) is 0 Å². The first-order chi connectivity index (χ1) is 22.3. The predicted molar refractivity (Wildman–Crippen MR) is 184 cm³/mol. The van der Waals surface area contributed by atoms with Crippen LogP contribution in [0.5, 0.6) is 0 Å². The van der Waals surface area contributed by atoms with Gasteiger partial charge in [0.2, 0.25) is 0 Å². The molecule has 0 saturated carbocycles. The molecule has 0 saturated heterocycles. The summed E-state index contributed by atoms with van der Waals surface area (Å²) in [6.07, 6.45) is 0. The van der Waals surface area contributed by atoms with Crippen LogP contribution in [0.1, 0.15) is 0 Å². The molecular weight excluding hydrogens is 550 g/mol. The van der Waals surface area contributed by atoms with Gasteiger partial charge in [0.1, 0.15) is 11.2 Å². The van der Waals surface area contributed by atoms with Gasteiger partial charge in [0, 0.05) is 27.5 Å². The normalized spacial score (nSPS) is 11.6. The highest BCUT2D eigenvalue weighted by atomic mass is 16.3. The monoisotopic (exact) mass is 575 g/mol. The first kappa shape index (κ1) is 25.4. The van der Waals surface area contributed by atoms with Crippen LogP contribution in [0.15, 0.2) is 156 Å². The summed E-state index contributed by atoms with van der Waals surface area (Å²) in [6, 6.07) is 52.2. The summed E-state index contributed by atoms with van der Waals surface area (Å²) in [6.45, 7) is 0. The Kier molecular flexibility index (Phi) is 5.78. The molecule has 0 aliphatic heterocycles. The maximum Gasteiger partial charge on any atom is 0.164 e. The molecule has 0 aliphatic rings. The molecule has 2 aromatic heterocycles. The molecule has 7 aromatic carbocycles. The average Bonchev–Trinajstić information content (AvgIpc) is 3.51. The van der Waals surface area contributed by atoms with Crippen LogP contribution in [0.25, 0.3) is 88.8 Å². The number of aromatic nitrogens is 3. The van der Waals surface area contributed by atoms with E-state index in [1.54, 1.807) is 0 Å². The second kappa shape index (κ2) is 10.2. The zero-order valence-electron chi connectivity index (χ0n) is 24.2. The summed E-state index contributed by atoms with van der Waals surface area (Å²) >= 11 is 0. The number of nitrogens with zero attached hydrogens (tertiary/aromatic N) is 3. The van der Waals surface area contributed by atoms with E-state index < -0.39 is 0 Å². The molecule has 0 radical (unpaired) electrons. The van der Waals surface area contributed by atoms with Gasteiger partial charge in [0.15, 0.2) is 17.5 Å². The fourth-order valence-corrected chi connectivity index (χ4v) is 6.40. The Labute approximate surface area is 259 Å². The standard InChI is InChI=1S/C41H25N3O/c1-3-11-27(12-4-1)39-42-40(28-13-5-2-6-14-28)44-41(43-39)33-19-10-17-31-30(16-9-18-32(31)33)29-22-21-26-23-24-37-38(35(26)25-29)34-15-7-8-20-36(34)45-37/h1-25H. The summed E-state index contributed by atoms with van der Waals surface area (Å²) in [5, 5.41) is 6.88. The van der Waals surface area contributed by atoms with Crippen LogP contribution in [0.3, 0.4) is 0 Å². The van der Waals surface area contributed by atoms with Gasteiger partial charge in [-0.15, -0.1) is 0 Å². The van der Waals surface area contributed by atoms with Gasteiger partial charge in [-0.3, -0.25) is 0 Å². The Hall–Kier alpha value is -6.13. The number of rotatable bonds is 4. The predicted octanol–water partition coefficient (Wildman–Crippen LogP) is 10.7. The average molecular weight is 576 g/mol. The number of para-hydroxylation sites is 1. The Bertz CT molecular complexity index is 2480. The second-order valence-electron chi connectivity index (χ2n) is 11.2. The van der Waals surface area contributed by atoms with E-state index in [4.69, 9.17) is 19.4 Å². The van der Waals surface area contributed by atoms with Crippen LogP contribution < -0.4 is 0 Å². The Morgan fingerprint density at radius 3 is 1.67 bits per heavy atom. The molecule has 0 amide bonds. The van der Waals surface area contributed by atoms with Gasteiger partial charge in [-0.25, -0.2) is 15.0 Å². The molecule has 0 fully saturated rings. The highest BCUT2D eigenvalue weighted by Crippen LogP contribution is 2.39. The number of hydrogen-bond donors (Lipinski definition) is 0. The zero-order valence-corrected chi connectivity index (χ0v) is 24.2. The van der Waals surface area contributed by atoms with Crippen LogP contribution >= 0.6 is 0 Å². The van der Waals surface area contributed by atoms with Crippen molar-refractivity contribution < 1.29 is 4.42 Å². The first-order valence-electron chi connectivity index (χ1n) is 15.0. The number of fused-ring (bicyclic) bond motifs is 6. The van der Waals surface area contributed by atoms with Gasteiger partial charge in [0.25, 0.3) is 0 Å². The SMILES string of the molecule is c1ccc(-c2nc(-c3ccccc3)nc(-c3cccc4c(-c5ccc6ccc7oc8ccccc8c7c6c5)cccc34)n2)cc1. The van der Waals surface area contributed by atoms with E-state index >= 15 is 0 Å². The highest BCUT2D eigenvalue weighted by molar-refractivity contribution is 6.19. The van der Waals surface area contributed by atoms with E-state index in [0.717, 1.165) is 60.5 Å². The second-order valence-corrected chi connectivity index (χ2v) is 11.2. The van der Waals surface area contributed by atoms with Crippen LogP contribution in [0, 0.1) is 0 Å². The molecule has 0 spiro atoms. The molecule has 0 aliphatic carbocycles. The Morgan fingerprint density at radius 1 is 0.356 bits per heavy atom. The van der Waals surface area contributed by atoms with Crippen molar-refractivity contribution in [3.8, 4) is 45.3 Å². The Morgan fingerprint density at radius 2 is 0.933 bits per heavy atom. The molecule has 9 rings (SSSR count). The highest BCUT2D eigenvalue weighted by Gasteiger charge is 2.16. The maximum absolute atomic E-state index is 6.21. The first-order valence-corrected chi connectivity index (χ1v) is 15.0. The number of hydrogen-bond acceptors (Lipinski definition) is 4. The summed E-state index contributed by atoms with van der Waals surface area (Å²) in [7, 11) is 0. The van der Waals surface area contributed by atoms with Gasteiger partial charge in [-0.1, -0.05) is 133 Å². The van der Waals surface area contributed by atoms with Gasteiger partial charge in [-0.05, 0) is 50.9 Å². The van der Waals surface area contributed by atoms with Crippen LogP contribution in [0.2, 0.25) is 0 Å². The van der Waals surface area contributed by atoms with Crippen LogP contribution in [-0.4, -0.2) is 15.0 Å². The third kappa shape index (κ3) is 4.27. The fourth-order valence-electron chi connectivity index (χ4n) is 6.40. The minimum Gasteiger partial charge on any atom is -0.456 e. The van der Waals surface area contributed by atoms with E-state index in [1.807, 2.05) is 72.8 Å². The largest absolute Gasteiger partial charge is 0.456 e. The van der Waals surface area contributed by atoms with Crippen molar-refractivity contribution in [3.63, 3.8) is 0 Å². The molecule has 4 heteroatoms. The molecule has 210 valence electrons. The van der Waals surface area contributed by atoms with Crippen LogP contribution in [-0.2, 0) is 0 Å². The summed E-state index contributed by atoms with van der Waals surface area (Å²) < 4.78 is 6.21. The Balaban J connectivity index is 1.25. The number of benzene rings is 7. The van der Waals surface area contributed by atoms with Crippen molar-refractivity contribution in [1.29, 1.82) is 0 Å². The van der Waals surface area contributed by atoms with Crippen molar-refractivity contribution in [3.05, 3.63) is 152 Å². The molecule has 45 heavy (non-hydrogen) atoms. The van der Waals surface area contributed by atoms with Crippen LogP contribution in [0.4, 0.5) is 0 Å². The molecule has 2 heterocycles. The van der Waals surface area contributed by atoms with Crippen molar-refractivity contribution >= 4 is 43.5 Å². The van der Waals surface area contributed by atoms with Crippen molar-refractivity contribution in [1.82, 2.24) is 15.0 Å². The number of furan rings is 1. The van der Waals surface area contributed by atoms with Gasteiger partial charge >= 0.3 is 0 Å². The molecule has 0 atom stereocenters. The summed E-state index contributed by atoms with van der Waals surface area (Å²) in [5.41, 5.74) is 6.98. The van der Waals surface area contributed by atoms with E-state index in [2.05, 4.69) is 78.9 Å². The van der Waals surface area contributed by atoms with E-state index in [1.165, 1.54) is 10.8 Å². The quantitative estimate of drug-likeness (QED) is 0.209. The molecule has 0 unspecified atom stereocenters. The lowest BCUT2D eigenvalue weighted by atomic mass is 9.93. The molecule has 0 N–H and O–H groups in total. The summed E-state index contributed by atoms with van der Waals surface area (Å²) in [5.74, 6) is 1.95. The van der Waals surface area contributed by atoms with Crippen molar-refractivity contribution in [2.24, 2.45) is 0 Å². The molecule has 4 nitrogen and oxygen atoms in total. The van der Waals surface area contributed by atoms with Gasteiger partial charge in [-0.2, -0.15) is 0 Å². The minimum absolute atomic E-state index is 0.649. The lowest BCUT2D eigenvalue weighted by Crippen LogP contribution is -2.00. The summed E-state index contributed by atoms with van der Waals surface area (Å²) in [4.78, 5) is 14.9. The van der Waals surface area contributed by atoms with Gasteiger partial charge < -0.3 is 4.42 Å². The zero-order chi connectivity index (χ0) is 29.7. The molecule has 9 aromatic rings. The van der Waals surface area contributed by atoms with E-state index in [0.29, 0.717) is 17.5 Å². The van der Waals surface area contributed by atoms with E-state index in [9.17, 15) is 0 Å². The van der Waals surface area contributed by atoms with Crippen molar-refractivity contribution in [2.45, 2.75) is 0 Å². The third-order valence-electron chi connectivity index (χ3n) is 8.53. The molecular formula is C41H25N3O. The maximum atomic E-state index is 6.21. The molecule has 0 bridgehead atoms. The third-order valence-corrected chi connectivity index (χ3v) is 8.53. The minimum atomic E-state index is 0.649. The topological polar surface area (TPSA) is 51.8 Å². The lowest BCUT2D eigenvalue weighted by molar-refractivity contribution is 0.669.